The molecule has 0 fully saturated rings. The van der Waals surface area contributed by atoms with Crippen LogP contribution in [0.5, 0.6) is 5.75 Å². The molecule has 0 atom stereocenters. The molecule has 22 heavy (non-hydrogen) atoms. The normalized spacial score (nSPS) is 10.1. The van der Waals surface area contributed by atoms with Crippen LogP contribution in [0.3, 0.4) is 0 Å². The third kappa shape index (κ3) is 3.06. The predicted octanol–water partition coefficient (Wildman–Crippen LogP) is 3.45. The zero-order valence-electron chi connectivity index (χ0n) is 12.2. The lowest BCUT2D eigenvalue weighted by molar-refractivity contribution is -0.385. The van der Waals surface area contributed by atoms with Crippen molar-refractivity contribution in [2.45, 2.75) is 6.92 Å². The summed E-state index contributed by atoms with van der Waals surface area (Å²) in [5.41, 5.74) is 1.35. The first-order valence-electron chi connectivity index (χ1n) is 6.67. The number of hydrogen-bond donors (Lipinski definition) is 0. The van der Waals surface area contributed by atoms with E-state index >= 15 is 0 Å². The van der Waals surface area contributed by atoms with Crippen LogP contribution < -0.4 is 4.74 Å². The molecule has 0 N–H and O–H groups in total. The van der Waals surface area contributed by atoms with E-state index in [0.29, 0.717) is 23.3 Å². The van der Waals surface area contributed by atoms with Crippen LogP contribution in [-0.4, -0.2) is 24.6 Å². The van der Waals surface area contributed by atoms with Gasteiger partial charge in [-0.1, -0.05) is 18.2 Å². The van der Waals surface area contributed by atoms with Gasteiger partial charge >= 0.3 is 11.7 Å². The number of methoxy groups -OCH3 is 1. The molecule has 0 aliphatic heterocycles. The van der Waals surface area contributed by atoms with E-state index in [4.69, 9.17) is 9.47 Å². The van der Waals surface area contributed by atoms with Crippen molar-refractivity contribution in [3.8, 4) is 16.9 Å². The lowest BCUT2D eigenvalue weighted by Gasteiger charge is -2.08. The molecule has 0 aliphatic carbocycles. The second kappa shape index (κ2) is 6.71. The van der Waals surface area contributed by atoms with Crippen LogP contribution in [0.2, 0.25) is 0 Å². The van der Waals surface area contributed by atoms with E-state index in [1.807, 2.05) is 0 Å². The molecule has 6 nitrogen and oxygen atoms in total. The van der Waals surface area contributed by atoms with Crippen molar-refractivity contribution >= 4 is 11.7 Å². The van der Waals surface area contributed by atoms with Crippen molar-refractivity contribution in [2.24, 2.45) is 0 Å². The second-order valence-corrected chi connectivity index (χ2v) is 4.41. The largest absolute Gasteiger partial charge is 0.490 e. The highest BCUT2D eigenvalue weighted by Crippen LogP contribution is 2.37. The quantitative estimate of drug-likeness (QED) is 0.480. The Kier molecular flexibility index (Phi) is 4.73. The Morgan fingerprint density at radius 1 is 1.18 bits per heavy atom. The fourth-order valence-electron chi connectivity index (χ4n) is 2.11. The Bertz CT molecular complexity index is 694. The molecule has 0 aliphatic rings. The Balaban J connectivity index is 2.44. The van der Waals surface area contributed by atoms with Gasteiger partial charge in [-0.25, -0.2) is 4.79 Å². The van der Waals surface area contributed by atoms with E-state index in [-0.39, 0.29) is 11.4 Å². The van der Waals surface area contributed by atoms with Crippen molar-refractivity contribution in [3.63, 3.8) is 0 Å². The van der Waals surface area contributed by atoms with Crippen LogP contribution in [0.4, 0.5) is 5.69 Å². The van der Waals surface area contributed by atoms with Crippen molar-refractivity contribution in [1.82, 2.24) is 0 Å². The number of benzene rings is 2. The highest BCUT2D eigenvalue weighted by Gasteiger charge is 2.21. The Morgan fingerprint density at radius 2 is 1.86 bits per heavy atom. The Labute approximate surface area is 127 Å². The molecule has 0 bridgehead atoms. The molecular formula is C16H15NO5. The summed E-state index contributed by atoms with van der Waals surface area (Å²) in [6, 6.07) is 11.3. The summed E-state index contributed by atoms with van der Waals surface area (Å²) in [5.74, 6) is -0.230. The predicted molar refractivity (Wildman–Crippen MR) is 81.0 cm³/mol. The van der Waals surface area contributed by atoms with Crippen LogP contribution in [0, 0.1) is 10.1 Å². The van der Waals surface area contributed by atoms with Crippen LogP contribution in [0.25, 0.3) is 11.1 Å². The lowest BCUT2D eigenvalue weighted by Crippen LogP contribution is -2.04. The van der Waals surface area contributed by atoms with E-state index in [2.05, 4.69) is 0 Å². The molecule has 2 aromatic carbocycles. The Morgan fingerprint density at radius 3 is 2.41 bits per heavy atom. The van der Waals surface area contributed by atoms with Gasteiger partial charge in [-0.3, -0.25) is 10.1 Å². The highest BCUT2D eigenvalue weighted by molar-refractivity contribution is 5.90. The molecule has 0 amide bonds. The number of nitro benzene ring substituents is 1. The van der Waals surface area contributed by atoms with Gasteiger partial charge in [-0.2, -0.15) is 0 Å². The molecule has 0 saturated heterocycles. The summed E-state index contributed by atoms with van der Waals surface area (Å²) in [6.07, 6.45) is 0. The maximum atomic E-state index is 11.6. The molecule has 6 heteroatoms. The standard InChI is InChI=1S/C16H15NO5/c1-3-22-16(18)12-9-7-11(8-10-12)13-5-4-6-14(21-2)15(13)17(19)20/h4-10H,3H2,1-2H3. The molecule has 0 saturated carbocycles. The zero-order valence-corrected chi connectivity index (χ0v) is 12.2. The van der Waals surface area contributed by atoms with Crippen molar-refractivity contribution in [1.29, 1.82) is 0 Å². The zero-order chi connectivity index (χ0) is 16.1. The van der Waals surface area contributed by atoms with Gasteiger partial charge < -0.3 is 9.47 Å². The number of nitrogens with zero attached hydrogens (tertiary/aromatic N) is 1. The molecular weight excluding hydrogens is 286 g/mol. The van der Waals surface area contributed by atoms with Crippen LogP contribution >= 0.6 is 0 Å². The summed E-state index contributed by atoms with van der Waals surface area (Å²) in [5, 5.41) is 11.3. The third-order valence-corrected chi connectivity index (χ3v) is 3.11. The third-order valence-electron chi connectivity index (χ3n) is 3.11. The van der Waals surface area contributed by atoms with Crippen molar-refractivity contribution in [3.05, 3.63) is 58.1 Å². The van der Waals surface area contributed by atoms with Crippen molar-refractivity contribution in [2.75, 3.05) is 13.7 Å². The fraction of sp³-hybridized carbons (Fsp3) is 0.188. The molecule has 114 valence electrons. The molecule has 0 spiro atoms. The van der Waals surface area contributed by atoms with E-state index in [9.17, 15) is 14.9 Å². The summed E-state index contributed by atoms with van der Waals surface area (Å²) in [4.78, 5) is 22.4. The summed E-state index contributed by atoms with van der Waals surface area (Å²) < 4.78 is 9.95. The molecule has 0 radical (unpaired) electrons. The summed E-state index contributed by atoms with van der Waals surface area (Å²) >= 11 is 0. The number of nitro groups is 1. The average Bonchev–Trinajstić information content (AvgIpc) is 2.54. The molecule has 0 aromatic heterocycles. The van der Waals surface area contributed by atoms with Gasteiger partial charge in [-0.15, -0.1) is 0 Å². The van der Waals surface area contributed by atoms with E-state index in [1.165, 1.54) is 13.2 Å². The van der Waals surface area contributed by atoms with Gasteiger partial charge in [0.1, 0.15) is 0 Å². The van der Waals surface area contributed by atoms with Crippen LogP contribution in [-0.2, 0) is 4.74 Å². The number of hydrogen-bond acceptors (Lipinski definition) is 5. The lowest BCUT2D eigenvalue weighted by atomic mass is 10.0. The van der Waals surface area contributed by atoms with Crippen LogP contribution in [0.15, 0.2) is 42.5 Å². The Hall–Kier alpha value is -2.89. The molecule has 2 aromatic rings. The number of rotatable bonds is 5. The van der Waals surface area contributed by atoms with E-state index in [1.54, 1.807) is 43.3 Å². The van der Waals surface area contributed by atoms with E-state index in [0.717, 1.165) is 0 Å². The number of carbonyl (C=O) groups excluding carboxylic acids is 1. The number of para-hydroxylation sites is 1. The summed E-state index contributed by atoms with van der Waals surface area (Å²) in [7, 11) is 1.38. The first-order chi connectivity index (χ1) is 10.6. The molecule has 0 heterocycles. The smallest absolute Gasteiger partial charge is 0.338 e. The maximum absolute atomic E-state index is 11.6. The van der Waals surface area contributed by atoms with Crippen LogP contribution in [0.1, 0.15) is 17.3 Å². The summed E-state index contributed by atoms with van der Waals surface area (Å²) in [6.45, 7) is 2.02. The minimum atomic E-state index is -0.479. The van der Waals surface area contributed by atoms with Gasteiger partial charge in [0.15, 0.2) is 5.75 Å². The topological polar surface area (TPSA) is 78.7 Å². The van der Waals surface area contributed by atoms with Gasteiger partial charge in [-0.05, 0) is 36.8 Å². The highest BCUT2D eigenvalue weighted by atomic mass is 16.6. The van der Waals surface area contributed by atoms with Gasteiger partial charge in [0, 0.05) is 0 Å². The monoisotopic (exact) mass is 301 g/mol. The molecule has 2 rings (SSSR count). The minimum Gasteiger partial charge on any atom is -0.490 e. The first kappa shape index (κ1) is 15.5. The van der Waals surface area contributed by atoms with Gasteiger partial charge in [0.2, 0.25) is 0 Å². The fourth-order valence-corrected chi connectivity index (χ4v) is 2.11. The number of esters is 1. The second-order valence-electron chi connectivity index (χ2n) is 4.41. The number of ether oxygens (including phenoxy) is 2. The first-order valence-corrected chi connectivity index (χ1v) is 6.67. The van der Waals surface area contributed by atoms with E-state index < -0.39 is 10.9 Å². The average molecular weight is 301 g/mol. The van der Waals surface area contributed by atoms with Gasteiger partial charge in [0.05, 0.1) is 29.8 Å². The minimum absolute atomic E-state index is 0.103. The van der Waals surface area contributed by atoms with Crippen molar-refractivity contribution < 1.29 is 19.2 Å². The molecule has 0 unspecified atom stereocenters. The van der Waals surface area contributed by atoms with Gasteiger partial charge in [0.25, 0.3) is 0 Å². The number of carbonyl (C=O) groups is 1. The SMILES string of the molecule is CCOC(=O)c1ccc(-c2cccc(OC)c2[N+](=O)[O-])cc1. The maximum Gasteiger partial charge on any atom is 0.338 e.